The quantitative estimate of drug-likeness (QED) is 0.601. The highest BCUT2D eigenvalue weighted by molar-refractivity contribution is 9.10. The Hall–Kier alpha value is -1.95. The number of phenols is 1. The fourth-order valence-electron chi connectivity index (χ4n) is 3.12. The molecule has 0 radical (unpaired) electrons. The first kappa shape index (κ1) is 16.5. The molecular weight excluding hydrogens is 396 g/mol. The van der Waals surface area contributed by atoms with Gasteiger partial charge in [-0.3, -0.25) is 10.3 Å². The molecule has 2 N–H and O–H groups in total. The van der Waals surface area contributed by atoms with E-state index < -0.39 is 0 Å². The zero-order valence-electron chi connectivity index (χ0n) is 13.4. The van der Waals surface area contributed by atoms with Gasteiger partial charge in [0.15, 0.2) is 0 Å². The Balaban J connectivity index is 1.75. The Labute approximate surface area is 159 Å². The first-order valence-electron chi connectivity index (χ1n) is 8.10. The number of halogens is 1. The van der Waals surface area contributed by atoms with Crippen molar-refractivity contribution < 1.29 is 5.11 Å². The number of aromatic hydroxyl groups is 1. The summed E-state index contributed by atoms with van der Waals surface area (Å²) >= 11 is 5.24. The molecule has 25 heavy (non-hydrogen) atoms. The van der Waals surface area contributed by atoms with Crippen molar-refractivity contribution in [1.82, 2.24) is 5.32 Å². The zero-order chi connectivity index (χ0) is 17.2. The van der Waals surface area contributed by atoms with Gasteiger partial charge in [-0.2, -0.15) is 0 Å². The highest BCUT2D eigenvalue weighted by Gasteiger charge is 2.27. The van der Waals surface area contributed by atoms with E-state index in [0.29, 0.717) is 5.75 Å². The summed E-state index contributed by atoms with van der Waals surface area (Å²) < 4.78 is 1.03. The first-order chi connectivity index (χ1) is 12.2. The normalized spacial score (nSPS) is 20.3. The number of thiophene rings is 1. The summed E-state index contributed by atoms with van der Waals surface area (Å²) in [6, 6.07) is 19.9. The van der Waals surface area contributed by atoms with E-state index in [9.17, 15) is 5.11 Å². The molecule has 5 heteroatoms. The lowest BCUT2D eigenvalue weighted by molar-refractivity contribution is 0.413. The van der Waals surface area contributed by atoms with Crippen molar-refractivity contribution in [2.45, 2.75) is 18.6 Å². The van der Waals surface area contributed by atoms with Crippen molar-refractivity contribution in [3.05, 3.63) is 86.5 Å². The van der Waals surface area contributed by atoms with Gasteiger partial charge in [0.2, 0.25) is 0 Å². The van der Waals surface area contributed by atoms with E-state index in [1.807, 2.05) is 36.4 Å². The molecule has 1 aliphatic rings. The third-order valence-electron chi connectivity index (χ3n) is 4.32. The molecule has 4 rings (SSSR count). The van der Waals surface area contributed by atoms with Gasteiger partial charge in [0.25, 0.3) is 0 Å². The summed E-state index contributed by atoms with van der Waals surface area (Å²) in [5.74, 6) is 0.320. The molecule has 2 heterocycles. The largest absolute Gasteiger partial charge is 0.508 e. The number of benzene rings is 2. The van der Waals surface area contributed by atoms with Crippen LogP contribution < -0.4 is 5.32 Å². The van der Waals surface area contributed by atoms with Crippen LogP contribution in [-0.4, -0.2) is 10.8 Å². The molecule has 0 bridgehead atoms. The summed E-state index contributed by atoms with van der Waals surface area (Å²) in [6.45, 7) is 0. The Morgan fingerprint density at radius 1 is 1.08 bits per heavy atom. The summed E-state index contributed by atoms with van der Waals surface area (Å²) in [5, 5.41) is 16.0. The molecule has 0 saturated heterocycles. The molecule has 2 atom stereocenters. The second kappa shape index (κ2) is 7.12. The average molecular weight is 413 g/mol. The van der Waals surface area contributed by atoms with Crippen LogP contribution in [0.15, 0.2) is 75.5 Å². The lowest BCUT2D eigenvalue weighted by Gasteiger charge is -2.30. The molecule has 0 unspecified atom stereocenters. The molecule has 3 aromatic rings. The van der Waals surface area contributed by atoms with Crippen molar-refractivity contribution in [1.29, 1.82) is 0 Å². The number of nitrogens with zero attached hydrogens (tertiary/aromatic N) is 1. The van der Waals surface area contributed by atoms with Gasteiger partial charge in [0.1, 0.15) is 11.9 Å². The fraction of sp³-hybridized carbons (Fsp3) is 0.150. The van der Waals surface area contributed by atoms with Gasteiger partial charge in [-0.25, -0.2) is 0 Å². The molecular formula is C20H17BrN2OS. The monoisotopic (exact) mass is 412 g/mol. The Morgan fingerprint density at radius 2 is 1.96 bits per heavy atom. The molecule has 2 aromatic carbocycles. The van der Waals surface area contributed by atoms with Crippen molar-refractivity contribution in [2.24, 2.45) is 4.99 Å². The van der Waals surface area contributed by atoms with E-state index >= 15 is 0 Å². The topological polar surface area (TPSA) is 44.6 Å². The van der Waals surface area contributed by atoms with Crippen molar-refractivity contribution in [3.8, 4) is 5.75 Å². The fourth-order valence-corrected chi connectivity index (χ4v) is 4.27. The molecule has 126 valence electrons. The molecule has 0 spiro atoms. The smallest absolute Gasteiger partial charge is 0.126 e. The van der Waals surface area contributed by atoms with Crippen LogP contribution in [0.5, 0.6) is 5.75 Å². The van der Waals surface area contributed by atoms with Crippen LogP contribution in [0.2, 0.25) is 0 Å². The zero-order valence-corrected chi connectivity index (χ0v) is 15.8. The van der Waals surface area contributed by atoms with Crippen molar-refractivity contribution in [2.75, 3.05) is 0 Å². The van der Waals surface area contributed by atoms with Gasteiger partial charge >= 0.3 is 0 Å². The standard InChI is InChI=1S/C20H17BrN2OS/c21-14-6-3-5-13(11-14)20-22-16(15-7-1-2-8-18(15)24)12-17(23-20)19-9-4-10-25-19/h1-11,16,20,22,24H,12H2/t16-,20+/m0/s1. The van der Waals surface area contributed by atoms with Crippen LogP contribution in [0, 0.1) is 0 Å². The highest BCUT2D eigenvalue weighted by Crippen LogP contribution is 2.35. The van der Waals surface area contributed by atoms with Gasteiger partial charge in [0.05, 0.1) is 5.71 Å². The predicted octanol–water partition coefficient (Wildman–Crippen LogP) is 5.44. The summed E-state index contributed by atoms with van der Waals surface area (Å²) in [5.41, 5.74) is 3.09. The van der Waals surface area contributed by atoms with Crippen molar-refractivity contribution >= 4 is 33.0 Å². The van der Waals surface area contributed by atoms with Gasteiger partial charge in [-0.1, -0.05) is 52.3 Å². The third kappa shape index (κ3) is 3.54. The maximum absolute atomic E-state index is 10.3. The maximum atomic E-state index is 10.3. The molecule has 3 nitrogen and oxygen atoms in total. The lowest BCUT2D eigenvalue weighted by Crippen LogP contribution is -2.32. The number of aliphatic imine (C=N–C) groups is 1. The van der Waals surface area contributed by atoms with Gasteiger partial charge in [-0.05, 0) is 35.2 Å². The minimum Gasteiger partial charge on any atom is -0.508 e. The molecule has 0 amide bonds. The summed E-state index contributed by atoms with van der Waals surface area (Å²) in [6.07, 6.45) is 0.607. The Bertz CT molecular complexity index is 908. The molecule has 0 fully saturated rings. The van der Waals surface area contributed by atoms with E-state index in [1.165, 1.54) is 4.88 Å². The van der Waals surface area contributed by atoms with E-state index in [4.69, 9.17) is 4.99 Å². The number of hydrogen-bond donors (Lipinski definition) is 2. The lowest BCUT2D eigenvalue weighted by atomic mass is 9.96. The predicted molar refractivity (Wildman–Crippen MR) is 106 cm³/mol. The van der Waals surface area contributed by atoms with Crippen LogP contribution in [0.25, 0.3) is 0 Å². The van der Waals surface area contributed by atoms with Crippen LogP contribution in [0.1, 0.15) is 34.6 Å². The van der Waals surface area contributed by atoms with E-state index in [-0.39, 0.29) is 12.2 Å². The van der Waals surface area contributed by atoms with Gasteiger partial charge in [0, 0.05) is 27.4 Å². The SMILES string of the molecule is Oc1ccccc1[C@@H]1CC(c2cccs2)=N[C@H](c2cccc(Br)c2)N1. The van der Waals surface area contributed by atoms with Gasteiger partial charge < -0.3 is 5.11 Å². The number of nitrogens with one attached hydrogen (secondary N) is 1. The van der Waals surface area contributed by atoms with Gasteiger partial charge in [-0.15, -0.1) is 11.3 Å². The number of para-hydroxylation sites is 1. The van der Waals surface area contributed by atoms with Crippen LogP contribution >= 0.6 is 27.3 Å². The molecule has 0 aliphatic carbocycles. The summed E-state index contributed by atoms with van der Waals surface area (Å²) in [4.78, 5) is 6.14. The molecule has 1 aliphatic heterocycles. The Morgan fingerprint density at radius 3 is 2.72 bits per heavy atom. The number of rotatable bonds is 3. The third-order valence-corrected chi connectivity index (χ3v) is 5.74. The van der Waals surface area contributed by atoms with E-state index in [0.717, 1.165) is 27.7 Å². The number of phenolic OH excluding ortho intramolecular Hbond substituents is 1. The van der Waals surface area contributed by atoms with E-state index in [1.54, 1.807) is 17.4 Å². The molecule has 0 saturated carbocycles. The minimum absolute atomic E-state index is 0.0137. The second-order valence-electron chi connectivity index (χ2n) is 5.99. The van der Waals surface area contributed by atoms with E-state index in [2.05, 4.69) is 44.8 Å². The average Bonchev–Trinajstić information content (AvgIpc) is 3.16. The first-order valence-corrected chi connectivity index (χ1v) is 9.78. The Kier molecular flexibility index (Phi) is 4.70. The second-order valence-corrected chi connectivity index (χ2v) is 7.86. The maximum Gasteiger partial charge on any atom is 0.126 e. The van der Waals surface area contributed by atoms with Crippen LogP contribution in [0.3, 0.4) is 0 Å². The minimum atomic E-state index is -0.145. The number of hydrogen-bond acceptors (Lipinski definition) is 4. The van der Waals surface area contributed by atoms with Crippen LogP contribution in [-0.2, 0) is 0 Å². The van der Waals surface area contributed by atoms with Crippen LogP contribution in [0.4, 0.5) is 0 Å². The van der Waals surface area contributed by atoms with Crippen molar-refractivity contribution in [3.63, 3.8) is 0 Å². The summed E-state index contributed by atoms with van der Waals surface area (Å²) in [7, 11) is 0. The molecule has 1 aromatic heterocycles. The highest BCUT2D eigenvalue weighted by atomic mass is 79.9.